The van der Waals surface area contributed by atoms with Gasteiger partial charge in [0, 0.05) is 5.54 Å². The second kappa shape index (κ2) is 4.29. The largest absolute Gasteiger partial charge is 0.346 e. The monoisotopic (exact) mass is 430 g/mol. The first-order valence-corrected chi connectivity index (χ1v) is 11.7. The Morgan fingerprint density at radius 2 is 1.41 bits per heavy atom. The Bertz CT molecular complexity index is 412. The van der Waals surface area contributed by atoms with Crippen LogP contribution in [0.4, 0.5) is 0 Å². The van der Waals surface area contributed by atoms with Gasteiger partial charge in [-0.25, -0.2) is 0 Å². The van der Waals surface area contributed by atoms with Crippen LogP contribution in [-0.2, 0) is 0 Å². The molecule has 17 heavy (non-hydrogen) atoms. The summed E-state index contributed by atoms with van der Waals surface area (Å²) >= 11 is 55.4. The van der Waals surface area contributed by atoms with Crippen LogP contribution in [0.15, 0.2) is 10.1 Å². The van der Waals surface area contributed by atoms with Crippen LogP contribution in [0.1, 0.15) is 6.42 Å². The number of halogens is 9. The highest BCUT2D eigenvalue weighted by atomic mass is 35.8. The topological polar surface area (TPSA) is 0 Å². The molecule has 0 aliphatic heterocycles. The van der Waals surface area contributed by atoms with E-state index in [-0.39, 0.29) is 16.5 Å². The third-order valence-electron chi connectivity index (χ3n) is 3.18. The number of allylic oxidation sites excluding steroid dienone is 2. The SMILES string of the molecule is ClC1=C(Cl)[C@]2(Cl)[C@H]([Si](Cl)(Cl)Cl)C[C@@]1(Cl)C2(Cl)Cl. The van der Waals surface area contributed by atoms with Gasteiger partial charge in [-0.3, -0.25) is 0 Å². The van der Waals surface area contributed by atoms with Gasteiger partial charge >= 0.3 is 6.00 Å². The number of hydrogen-bond donors (Lipinski definition) is 0. The lowest BCUT2D eigenvalue weighted by Crippen LogP contribution is -2.45. The van der Waals surface area contributed by atoms with Gasteiger partial charge in [0.2, 0.25) is 0 Å². The minimum Gasteiger partial charge on any atom is -0.126 e. The first-order valence-electron chi connectivity index (χ1n) is 4.29. The third-order valence-corrected chi connectivity index (χ3v) is 11.4. The van der Waals surface area contributed by atoms with Gasteiger partial charge in [0.05, 0.1) is 10.1 Å². The van der Waals surface area contributed by atoms with Gasteiger partial charge in [0.1, 0.15) is 9.75 Å². The lowest BCUT2D eigenvalue weighted by atomic mass is 10.1. The van der Waals surface area contributed by atoms with Crippen molar-refractivity contribution in [1.82, 2.24) is 0 Å². The summed E-state index contributed by atoms with van der Waals surface area (Å²) in [6.07, 6.45) is 0.183. The Labute approximate surface area is 143 Å². The molecule has 0 aromatic carbocycles. The lowest BCUT2D eigenvalue weighted by molar-refractivity contribution is 0.681. The van der Waals surface area contributed by atoms with Crippen LogP contribution in [0.5, 0.6) is 0 Å². The smallest absolute Gasteiger partial charge is 0.126 e. The molecule has 2 aliphatic carbocycles. The zero-order valence-electron chi connectivity index (χ0n) is 7.69. The molecule has 0 N–H and O–H groups in total. The van der Waals surface area contributed by atoms with Crippen LogP contribution in [0.3, 0.4) is 0 Å². The average Bonchev–Trinajstić information content (AvgIpc) is 2.38. The fourth-order valence-electron chi connectivity index (χ4n) is 2.25. The van der Waals surface area contributed by atoms with Crippen LogP contribution < -0.4 is 0 Å². The van der Waals surface area contributed by atoms with E-state index < -0.39 is 25.6 Å². The summed E-state index contributed by atoms with van der Waals surface area (Å²) in [6.45, 7) is 0. The van der Waals surface area contributed by atoms with Gasteiger partial charge < -0.3 is 0 Å². The van der Waals surface area contributed by atoms with E-state index >= 15 is 0 Å². The fourth-order valence-corrected chi connectivity index (χ4v) is 9.83. The Morgan fingerprint density at radius 3 is 1.71 bits per heavy atom. The molecule has 0 aromatic heterocycles. The van der Waals surface area contributed by atoms with Crippen molar-refractivity contribution in [2.45, 2.75) is 26.0 Å². The van der Waals surface area contributed by atoms with E-state index in [2.05, 4.69) is 0 Å². The predicted molar refractivity (Wildman–Crippen MR) is 82.0 cm³/mol. The minimum absolute atomic E-state index is 0.0657. The molecule has 2 aliphatic rings. The number of rotatable bonds is 1. The van der Waals surface area contributed by atoms with Crippen molar-refractivity contribution in [3.8, 4) is 0 Å². The van der Waals surface area contributed by atoms with Gasteiger partial charge in [0.25, 0.3) is 0 Å². The molecule has 0 spiro atoms. The van der Waals surface area contributed by atoms with E-state index in [1.54, 1.807) is 0 Å². The molecule has 1 fully saturated rings. The van der Waals surface area contributed by atoms with Crippen LogP contribution in [0.2, 0.25) is 5.54 Å². The summed E-state index contributed by atoms with van der Waals surface area (Å²) in [5.74, 6) is 0. The molecule has 2 bridgehead atoms. The molecule has 0 nitrogen and oxygen atoms in total. The van der Waals surface area contributed by atoms with E-state index in [1.165, 1.54) is 0 Å². The van der Waals surface area contributed by atoms with E-state index in [9.17, 15) is 0 Å². The molecule has 98 valence electrons. The molecule has 10 heteroatoms. The first kappa shape index (κ1) is 15.9. The van der Waals surface area contributed by atoms with Crippen LogP contribution in [0.25, 0.3) is 0 Å². The molecular weight excluding hydrogens is 431 g/mol. The van der Waals surface area contributed by atoms with Gasteiger partial charge in [-0.15, -0.1) is 56.4 Å². The highest BCUT2D eigenvalue weighted by Gasteiger charge is 2.81. The molecule has 0 aromatic rings. The molecular formula is C7H3Cl9Si. The molecule has 3 atom stereocenters. The summed E-state index contributed by atoms with van der Waals surface area (Å²) in [5.41, 5.74) is -0.607. The van der Waals surface area contributed by atoms with Crippen molar-refractivity contribution in [2.75, 3.05) is 0 Å². The summed E-state index contributed by atoms with van der Waals surface area (Å²) < 4.78 is -1.61. The minimum atomic E-state index is -3.20. The van der Waals surface area contributed by atoms with Crippen LogP contribution in [-0.4, -0.2) is 20.1 Å². The Kier molecular flexibility index (Phi) is 4.02. The van der Waals surface area contributed by atoms with Gasteiger partial charge in [-0.1, -0.05) is 46.4 Å². The van der Waals surface area contributed by atoms with E-state index in [1.807, 2.05) is 0 Å². The summed E-state index contributed by atoms with van der Waals surface area (Å²) in [5, 5.41) is 0.191. The third kappa shape index (κ3) is 1.78. The maximum atomic E-state index is 6.43. The van der Waals surface area contributed by atoms with Gasteiger partial charge in [-0.2, -0.15) is 0 Å². The molecule has 0 saturated heterocycles. The van der Waals surface area contributed by atoms with E-state index in [0.717, 1.165) is 0 Å². The fraction of sp³-hybridized carbons (Fsp3) is 0.714. The number of alkyl halides is 4. The summed E-state index contributed by atoms with van der Waals surface area (Å²) in [6, 6.07) is -3.20. The van der Waals surface area contributed by atoms with Crippen LogP contribution in [0, 0.1) is 0 Å². The van der Waals surface area contributed by atoms with Crippen molar-refractivity contribution >= 4 is 109 Å². The molecule has 2 rings (SSSR count). The standard InChI is InChI=1S/C7H3Cl9Si/c8-3-4(9)6(11)2(17(14,15)16)1-5(3,10)7(6,12)13/h2H,1H2/t2-,5+,6-/m1/s1. The Morgan fingerprint density at radius 1 is 0.941 bits per heavy atom. The van der Waals surface area contributed by atoms with Crippen LogP contribution >= 0.6 is 103 Å². The van der Waals surface area contributed by atoms with Crippen molar-refractivity contribution in [2.24, 2.45) is 0 Å². The number of fused-ring (bicyclic) bond motifs is 2. The lowest BCUT2D eigenvalue weighted by Gasteiger charge is -2.35. The second-order valence-corrected chi connectivity index (χ2v) is 16.2. The zero-order valence-corrected chi connectivity index (χ0v) is 15.5. The molecule has 1 saturated carbocycles. The predicted octanol–water partition coefficient (Wildman–Crippen LogP) is 6.25. The Balaban J connectivity index is 2.67. The number of hydrogen-bond acceptors (Lipinski definition) is 0. The Hall–Kier alpha value is 2.57. The maximum Gasteiger partial charge on any atom is 0.346 e. The molecule has 0 heterocycles. The zero-order chi connectivity index (χ0) is 13.4. The highest BCUT2D eigenvalue weighted by Crippen LogP contribution is 2.78. The normalized spacial score (nSPS) is 44.6. The first-order chi connectivity index (χ1) is 7.40. The van der Waals surface area contributed by atoms with Gasteiger partial charge in [-0.05, 0) is 6.42 Å². The van der Waals surface area contributed by atoms with E-state index in [0.29, 0.717) is 0 Å². The van der Waals surface area contributed by atoms with Crippen molar-refractivity contribution in [1.29, 1.82) is 0 Å². The van der Waals surface area contributed by atoms with E-state index in [4.69, 9.17) is 103 Å². The molecule has 0 amide bonds. The van der Waals surface area contributed by atoms with Gasteiger partial charge in [0.15, 0.2) is 4.33 Å². The highest BCUT2D eigenvalue weighted by molar-refractivity contribution is 7.65. The molecule has 0 unspecified atom stereocenters. The van der Waals surface area contributed by atoms with Crippen molar-refractivity contribution < 1.29 is 0 Å². The maximum absolute atomic E-state index is 6.43. The average molecular weight is 434 g/mol. The van der Waals surface area contributed by atoms with Crippen molar-refractivity contribution in [3.05, 3.63) is 10.1 Å². The molecule has 0 radical (unpaired) electrons. The second-order valence-electron chi connectivity index (χ2n) is 4.01. The summed E-state index contributed by atoms with van der Waals surface area (Å²) in [7, 11) is 0. The quantitative estimate of drug-likeness (QED) is 0.260. The summed E-state index contributed by atoms with van der Waals surface area (Å²) in [4.78, 5) is -2.76. The van der Waals surface area contributed by atoms with Crippen molar-refractivity contribution in [3.63, 3.8) is 0 Å².